The van der Waals surface area contributed by atoms with Gasteiger partial charge in [-0.05, 0) is 45.1 Å². The van der Waals surface area contributed by atoms with Gasteiger partial charge in [0.25, 0.3) is 5.91 Å². The average molecular weight is 564 g/mol. The van der Waals surface area contributed by atoms with E-state index >= 15 is 0 Å². The normalized spacial score (nSPS) is 14.2. The maximum atomic E-state index is 13.3. The highest BCUT2D eigenvalue weighted by Crippen LogP contribution is 2.13. The van der Waals surface area contributed by atoms with Gasteiger partial charge in [-0.3, -0.25) is 19.8 Å². The van der Waals surface area contributed by atoms with Crippen LogP contribution in [0.25, 0.3) is 0 Å². The molecular formula is C28H45N5O7. The molecule has 4 atom stereocenters. The summed E-state index contributed by atoms with van der Waals surface area (Å²) in [6, 6.07) is 6.21. The van der Waals surface area contributed by atoms with Crippen molar-refractivity contribution in [1.29, 1.82) is 0 Å². The molecule has 0 unspecified atom stereocenters. The number of alkyl carbamates (subject to hydrolysis) is 1. The summed E-state index contributed by atoms with van der Waals surface area (Å²) in [4.78, 5) is 64.7. The molecule has 224 valence electrons. The van der Waals surface area contributed by atoms with E-state index in [4.69, 9.17) is 9.47 Å². The Kier molecular flexibility index (Phi) is 13.4. The van der Waals surface area contributed by atoms with Crippen LogP contribution in [0, 0.1) is 11.8 Å². The predicted octanol–water partition coefficient (Wildman–Crippen LogP) is 2.87. The molecule has 0 heterocycles. The van der Waals surface area contributed by atoms with Gasteiger partial charge in [0.2, 0.25) is 11.8 Å². The van der Waals surface area contributed by atoms with Crippen LogP contribution in [0.4, 0.5) is 9.59 Å². The second kappa shape index (κ2) is 15.7. The van der Waals surface area contributed by atoms with Crippen molar-refractivity contribution in [2.24, 2.45) is 11.8 Å². The first kappa shape index (κ1) is 34.2. The van der Waals surface area contributed by atoms with Crippen molar-refractivity contribution in [2.45, 2.75) is 92.1 Å². The molecule has 5 amide bonds. The second-order valence-electron chi connectivity index (χ2n) is 11.0. The summed E-state index contributed by atoms with van der Waals surface area (Å²) in [5.41, 5.74) is 4.43. The fourth-order valence-electron chi connectivity index (χ4n) is 3.46. The van der Waals surface area contributed by atoms with E-state index in [1.165, 1.54) is 18.9 Å². The molecule has 12 nitrogen and oxygen atoms in total. The molecule has 1 rings (SSSR count). The molecule has 1 aromatic carbocycles. The fourth-order valence-corrected chi connectivity index (χ4v) is 3.46. The Morgan fingerprint density at radius 3 is 1.98 bits per heavy atom. The number of benzene rings is 1. The van der Waals surface area contributed by atoms with Crippen molar-refractivity contribution >= 4 is 29.9 Å². The Balaban J connectivity index is 2.86. The van der Waals surface area contributed by atoms with E-state index in [2.05, 4.69) is 21.5 Å². The lowest BCUT2D eigenvalue weighted by Gasteiger charge is -2.32. The minimum Gasteiger partial charge on any atom is -0.445 e. The number of carbonyl (C=O) groups is 5. The molecule has 0 saturated heterocycles. The van der Waals surface area contributed by atoms with E-state index in [9.17, 15) is 24.0 Å². The Labute approximate surface area is 236 Å². The molecule has 0 aliphatic rings. The highest BCUT2D eigenvalue weighted by molar-refractivity contribution is 5.94. The second-order valence-corrected chi connectivity index (χ2v) is 11.0. The topological polar surface area (TPSA) is 155 Å². The molecule has 0 bridgehead atoms. The smallest absolute Gasteiger partial charge is 0.426 e. The molecule has 40 heavy (non-hydrogen) atoms. The van der Waals surface area contributed by atoms with Crippen LogP contribution in [-0.4, -0.2) is 65.6 Å². The molecule has 0 spiro atoms. The third-order valence-electron chi connectivity index (χ3n) is 6.21. The number of nitrogens with one attached hydrogen (secondary N) is 4. The number of nitrogens with zero attached hydrogens (tertiary/aromatic N) is 1. The van der Waals surface area contributed by atoms with Gasteiger partial charge >= 0.3 is 12.2 Å². The molecule has 4 N–H and O–H groups in total. The first-order valence-electron chi connectivity index (χ1n) is 13.4. The van der Waals surface area contributed by atoms with Crippen molar-refractivity contribution in [3.05, 3.63) is 35.9 Å². The SMILES string of the molecule is CC[C@H](C)[C@H](NC(=O)OCc1ccccc1)C(=O)N[C@H](C(=O)N(C)[C@@H](C)C(=O)NNC(=O)OC(C)(C)C)C(C)C. The molecule has 0 radical (unpaired) electrons. The lowest BCUT2D eigenvalue weighted by Crippen LogP contribution is -2.59. The summed E-state index contributed by atoms with van der Waals surface area (Å²) >= 11 is 0. The number of rotatable bonds is 11. The number of hydrogen-bond donors (Lipinski definition) is 4. The highest BCUT2D eigenvalue weighted by atomic mass is 16.6. The summed E-state index contributed by atoms with van der Waals surface area (Å²) in [6.45, 7) is 13.8. The highest BCUT2D eigenvalue weighted by Gasteiger charge is 2.35. The van der Waals surface area contributed by atoms with Crippen molar-refractivity contribution in [3.8, 4) is 0 Å². The largest absolute Gasteiger partial charge is 0.445 e. The van der Waals surface area contributed by atoms with Gasteiger partial charge in [0, 0.05) is 7.05 Å². The van der Waals surface area contributed by atoms with Crippen LogP contribution in [0.15, 0.2) is 30.3 Å². The van der Waals surface area contributed by atoms with E-state index in [-0.39, 0.29) is 18.4 Å². The zero-order valence-corrected chi connectivity index (χ0v) is 25.0. The van der Waals surface area contributed by atoms with Gasteiger partial charge in [0.05, 0.1) is 0 Å². The molecule has 0 aliphatic heterocycles. The van der Waals surface area contributed by atoms with Gasteiger partial charge in [-0.25, -0.2) is 15.0 Å². The van der Waals surface area contributed by atoms with Gasteiger partial charge in [0.1, 0.15) is 30.3 Å². The van der Waals surface area contributed by atoms with E-state index < -0.39 is 53.6 Å². The van der Waals surface area contributed by atoms with Crippen molar-refractivity contribution in [2.75, 3.05) is 7.05 Å². The molecular weight excluding hydrogens is 518 g/mol. The molecule has 0 saturated carbocycles. The van der Waals surface area contributed by atoms with E-state index in [0.29, 0.717) is 6.42 Å². The summed E-state index contributed by atoms with van der Waals surface area (Å²) < 4.78 is 10.4. The van der Waals surface area contributed by atoms with E-state index in [1.807, 2.05) is 44.2 Å². The standard InChI is InChI=1S/C28H45N5O7/c1-10-18(4)22(30-26(37)39-16-20-14-12-11-13-15-20)24(35)29-21(17(2)3)25(36)33(9)19(5)23(34)31-32-27(38)40-28(6,7)8/h11-15,17-19,21-22H,10,16H2,1-9H3,(H,29,35)(H,30,37)(H,31,34)(H,32,38)/t18-,19-,21-,22-/m0/s1. The first-order valence-corrected chi connectivity index (χ1v) is 13.4. The minimum atomic E-state index is -0.989. The third-order valence-corrected chi connectivity index (χ3v) is 6.21. The lowest BCUT2D eigenvalue weighted by molar-refractivity contribution is -0.142. The maximum absolute atomic E-state index is 13.3. The number of hydrazine groups is 1. The monoisotopic (exact) mass is 563 g/mol. The molecule has 1 aromatic rings. The zero-order chi connectivity index (χ0) is 30.6. The van der Waals surface area contributed by atoms with Gasteiger partial charge in [0.15, 0.2) is 0 Å². The number of amides is 5. The van der Waals surface area contributed by atoms with Gasteiger partial charge in [-0.1, -0.05) is 64.4 Å². The first-order chi connectivity index (χ1) is 18.6. The quantitative estimate of drug-likeness (QED) is 0.302. The Morgan fingerprint density at radius 2 is 1.45 bits per heavy atom. The zero-order valence-electron chi connectivity index (χ0n) is 25.0. The van der Waals surface area contributed by atoms with Gasteiger partial charge < -0.3 is 25.0 Å². The van der Waals surface area contributed by atoms with E-state index in [0.717, 1.165) is 5.56 Å². The summed E-state index contributed by atoms with van der Waals surface area (Å²) in [6.07, 6.45) is -1.02. The summed E-state index contributed by atoms with van der Waals surface area (Å²) in [5.74, 6) is -2.31. The Hall–Kier alpha value is -3.83. The molecule has 0 fully saturated rings. The Morgan fingerprint density at radius 1 is 0.850 bits per heavy atom. The number of carbonyl (C=O) groups excluding carboxylic acids is 5. The Bertz CT molecular complexity index is 1010. The number of hydrogen-bond acceptors (Lipinski definition) is 7. The number of likely N-dealkylation sites (N-methyl/N-ethyl adjacent to an activating group) is 1. The average Bonchev–Trinajstić information content (AvgIpc) is 2.89. The van der Waals surface area contributed by atoms with Crippen LogP contribution >= 0.6 is 0 Å². The molecule has 0 aromatic heterocycles. The van der Waals surface area contributed by atoms with Crippen LogP contribution in [0.5, 0.6) is 0 Å². The van der Waals surface area contributed by atoms with Gasteiger partial charge in [-0.2, -0.15) is 0 Å². The predicted molar refractivity (Wildman–Crippen MR) is 150 cm³/mol. The van der Waals surface area contributed by atoms with Gasteiger partial charge in [-0.15, -0.1) is 0 Å². The van der Waals surface area contributed by atoms with Crippen molar-refractivity contribution in [3.63, 3.8) is 0 Å². The van der Waals surface area contributed by atoms with Crippen LogP contribution in [0.2, 0.25) is 0 Å². The van der Waals surface area contributed by atoms with Crippen molar-refractivity contribution < 1.29 is 33.4 Å². The lowest BCUT2D eigenvalue weighted by atomic mass is 9.96. The third kappa shape index (κ3) is 11.5. The minimum absolute atomic E-state index is 0.0438. The maximum Gasteiger partial charge on any atom is 0.426 e. The number of ether oxygens (including phenoxy) is 2. The van der Waals surface area contributed by atoms with Crippen LogP contribution in [0.3, 0.4) is 0 Å². The van der Waals surface area contributed by atoms with Crippen LogP contribution in [-0.2, 0) is 30.5 Å². The van der Waals surface area contributed by atoms with Crippen LogP contribution < -0.4 is 21.5 Å². The molecule has 0 aliphatic carbocycles. The molecule has 12 heteroatoms. The van der Waals surface area contributed by atoms with Crippen molar-refractivity contribution in [1.82, 2.24) is 26.4 Å². The fraction of sp³-hybridized carbons (Fsp3) is 0.607. The summed E-state index contributed by atoms with van der Waals surface area (Å²) in [5, 5.41) is 5.36. The summed E-state index contributed by atoms with van der Waals surface area (Å²) in [7, 11) is 1.42. The van der Waals surface area contributed by atoms with Crippen LogP contribution in [0.1, 0.15) is 67.4 Å². The van der Waals surface area contributed by atoms with E-state index in [1.54, 1.807) is 34.6 Å².